The summed E-state index contributed by atoms with van der Waals surface area (Å²) in [5, 5.41) is 10.8. The van der Waals surface area contributed by atoms with E-state index < -0.39 is 4.92 Å². The minimum absolute atomic E-state index is 0.0720. The van der Waals surface area contributed by atoms with Crippen LogP contribution in [0.25, 0.3) is 0 Å². The molecule has 0 heterocycles. The molecule has 0 unspecified atom stereocenters. The number of aryl methyl sites for hydroxylation is 1. The Labute approximate surface area is 152 Å². The first-order chi connectivity index (χ1) is 12.6. The van der Waals surface area contributed by atoms with Crippen molar-refractivity contribution >= 4 is 17.6 Å². The average molecular weight is 340 g/mol. The lowest BCUT2D eigenvalue weighted by Crippen LogP contribution is -1.88. The molecular weight excluding hydrogens is 324 g/mol. The molecule has 0 radical (unpaired) electrons. The lowest BCUT2D eigenvalue weighted by Gasteiger charge is -2.00. The summed E-state index contributed by atoms with van der Waals surface area (Å²) in [6.45, 7) is 1.81. The number of hydrogen-bond acceptors (Lipinski definition) is 3. The van der Waals surface area contributed by atoms with Gasteiger partial charge in [-0.1, -0.05) is 42.2 Å². The SMILES string of the molecule is Cc1cc([N+](=O)[O-])ccc1N=Cc1ccc(C#Cc2ccccc2)cc1. The van der Waals surface area contributed by atoms with Gasteiger partial charge in [0.1, 0.15) is 0 Å². The van der Waals surface area contributed by atoms with Crippen LogP contribution in [-0.2, 0) is 0 Å². The molecule has 3 aromatic carbocycles. The van der Waals surface area contributed by atoms with Gasteiger partial charge in [-0.05, 0) is 48.4 Å². The molecule has 0 aliphatic carbocycles. The van der Waals surface area contributed by atoms with Crippen LogP contribution in [-0.4, -0.2) is 11.1 Å². The molecule has 0 saturated heterocycles. The summed E-state index contributed by atoms with van der Waals surface area (Å²) in [7, 11) is 0. The molecule has 26 heavy (non-hydrogen) atoms. The van der Waals surface area contributed by atoms with Crippen LogP contribution in [0.5, 0.6) is 0 Å². The van der Waals surface area contributed by atoms with Gasteiger partial charge < -0.3 is 0 Å². The molecule has 0 aliphatic heterocycles. The third-order valence-electron chi connectivity index (χ3n) is 3.78. The zero-order valence-corrected chi connectivity index (χ0v) is 14.2. The first-order valence-electron chi connectivity index (χ1n) is 8.08. The molecule has 0 aliphatic rings. The van der Waals surface area contributed by atoms with Gasteiger partial charge in [-0.3, -0.25) is 15.1 Å². The number of nitro benzene ring substituents is 1. The summed E-state index contributed by atoms with van der Waals surface area (Å²) < 4.78 is 0. The van der Waals surface area contributed by atoms with Gasteiger partial charge in [0, 0.05) is 29.5 Å². The smallest absolute Gasteiger partial charge is 0.258 e. The van der Waals surface area contributed by atoms with Gasteiger partial charge in [0.2, 0.25) is 0 Å². The van der Waals surface area contributed by atoms with Crippen molar-refractivity contribution in [2.45, 2.75) is 6.92 Å². The largest absolute Gasteiger partial charge is 0.269 e. The molecule has 4 heteroatoms. The molecule has 0 fully saturated rings. The lowest BCUT2D eigenvalue weighted by molar-refractivity contribution is -0.384. The first kappa shape index (κ1) is 17.1. The third kappa shape index (κ3) is 4.43. The molecule has 0 N–H and O–H groups in total. The predicted octanol–water partition coefficient (Wildman–Crippen LogP) is 5.05. The fourth-order valence-electron chi connectivity index (χ4n) is 2.36. The summed E-state index contributed by atoms with van der Waals surface area (Å²) in [5.74, 6) is 6.25. The van der Waals surface area contributed by atoms with Crippen molar-refractivity contribution in [3.8, 4) is 11.8 Å². The molecule has 0 aromatic heterocycles. The van der Waals surface area contributed by atoms with E-state index in [1.165, 1.54) is 12.1 Å². The van der Waals surface area contributed by atoms with E-state index in [9.17, 15) is 10.1 Å². The lowest BCUT2D eigenvalue weighted by atomic mass is 10.1. The Morgan fingerprint density at radius 3 is 2.19 bits per heavy atom. The number of hydrogen-bond donors (Lipinski definition) is 0. The summed E-state index contributed by atoms with van der Waals surface area (Å²) in [6.07, 6.45) is 1.74. The van der Waals surface area contributed by atoms with Crippen LogP contribution >= 0.6 is 0 Å². The zero-order valence-electron chi connectivity index (χ0n) is 14.2. The number of benzene rings is 3. The van der Waals surface area contributed by atoms with E-state index >= 15 is 0 Å². The Hall–Kier alpha value is -3.71. The maximum atomic E-state index is 10.8. The molecule has 4 nitrogen and oxygen atoms in total. The second kappa shape index (κ2) is 7.91. The summed E-state index contributed by atoms with van der Waals surface area (Å²) in [5.41, 5.74) is 4.39. The zero-order chi connectivity index (χ0) is 18.4. The fraction of sp³-hybridized carbons (Fsp3) is 0.0455. The van der Waals surface area contributed by atoms with E-state index in [2.05, 4.69) is 16.8 Å². The standard InChI is InChI=1S/C22H16N2O2/c1-17-15-21(24(25)26)13-14-22(17)23-16-20-11-9-19(10-12-20)8-7-18-5-3-2-4-6-18/h2-6,9-16H,1H3. The van der Waals surface area contributed by atoms with Gasteiger partial charge in [0.05, 0.1) is 10.6 Å². The van der Waals surface area contributed by atoms with Crippen molar-refractivity contribution in [1.29, 1.82) is 0 Å². The van der Waals surface area contributed by atoms with Crippen LogP contribution in [0.2, 0.25) is 0 Å². The van der Waals surface area contributed by atoms with Crippen molar-refractivity contribution in [3.05, 3.63) is 105 Å². The molecule has 0 bridgehead atoms. The van der Waals surface area contributed by atoms with Gasteiger partial charge in [-0.15, -0.1) is 0 Å². The Balaban J connectivity index is 1.72. The van der Waals surface area contributed by atoms with Crippen LogP contribution < -0.4 is 0 Å². The molecule has 0 spiro atoms. The quantitative estimate of drug-likeness (QED) is 0.290. The maximum Gasteiger partial charge on any atom is 0.269 e. The van der Waals surface area contributed by atoms with Gasteiger partial charge >= 0.3 is 0 Å². The Morgan fingerprint density at radius 2 is 1.58 bits per heavy atom. The molecule has 0 amide bonds. The van der Waals surface area contributed by atoms with Gasteiger partial charge in [0.25, 0.3) is 5.69 Å². The van der Waals surface area contributed by atoms with Crippen LogP contribution in [0.4, 0.5) is 11.4 Å². The van der Waals surface area contributed by atoms with E-state index in [1.807, 2.05) is 61.5 Å². The van der Waals surface area contributed by atoms with Gasteiger partial charge in [-0.2, -0.15) is 0 Å². The summed E-state index contributed by atoms with van der Waals surface area (Å²) in [6, 6.07) is 22.2. The Kier molecular flexibility index (Phi) is 5.21. The van der Waals surface area contributed by atoms with Crippen molar-refractivity contribution in [3.63, 3.8) is 0 Å². The van der Waals surface area contributed by atoms with Crippen molar-refractivity contribution in [2.75, 3.05) is 0 Å². The highest BCUT2D eigenvalue weighted by Crippen LogP contribution is 2.23. The molecule has 3 rings (SSSR count). The van der Waals surface area contributed by atoms with Crippen molar-refractivity contribution < 1.29 is 4.92 Å². The van der Waals surface area contributed by atoms with Crippen molar-refractivity contribution in [1.82, 2.24) is 0 Å². The number of non-ortho nitro benzene ring substituents is 1. The van der Waals surface area contributed by atoms with Crippen LogP contribution in [0.3, 0.4) is 0 Å². The summed E-state index contributed by atoms with van der Waals surface area (Å²) in [4.78, 5) is 14.8. The van der Waals surface area contributed by atoms with Crippen LogP contribution in [0.1, 0.15) is 22.3 Å². The van der Waals surface area contributed by atoms with Crippen LogP contribution in [0, 0.1) is 28.9 Å². The number of nitrogens with zero attached hydrogens (tertiary/aromatic N) is 2. The third-order valence-corrected chi connectivity index (χ3v) is 3.78. The number of rotatable bonds is 3. The second-order valence-electron chi connectivity index (χ2n) is 5.72. The minimum atomic E-state index is -0.407. The molecule has 0 atom stereocenters. The van der Waals surface area contributed by atoms with Crippen LogP contribution in [0.15, 0.2) is 77.8 Å². The minimum Gasteiger partial charge on any atom is -0.258 e. The van der Waals surface area contributed by atoms with E-state index in [4.69, 9.17) is 0 Å². The van der Waals surface area contributed by atoms with E-state index in [0.717, 1.165) is 22.3 Å². The topological polar surface area (TPSA) is 55.5 Å². The van der Waals surface area contributed by atoms with Crippen molar-refractivity contribution in [2.24, 2.45) is 4.99 Å². The Morgan fingerprint density at radius 1 is 0.923 bits per heavy atom. The second-order valence-corrected chi connectivity index (χ2v) is 5.72. The highest BCUT2D eigenvalue weighted by atomic mass is 16.6. The summed E-state index contributed by atoms with van der Waals surface area (Å²) >= 11 is 0. The highest BCUT2D eigenvalue weighted by Gasteiger charge is 2.06. The first-order valence-corrected chi connectivity index (χ1v) is 8.08. The molecular formula is C22H16N2O2. The monoisotopic (exact) mass is 340 g/mol. The predicted molar refractivity (Wildman–Crippen MR) is 104 cm³/mol. The van der Waals surface area contributed by atoms with Gasteiger partial charge in [0.15, 0.2) is 0 Å². The molecule has 126 valence electrons. The van der Waals surface area contributed by atoms with E-state index in [0.29, 0.717) is 5.69 Å². The van der Waals surface area contributed by atoms with E-state index in [1.54, 1.807) is 12.3 Å². The molecule has 0 saturated carbocycles. The van der Waals surface area contributed by atoms with Gasteiger partial charge in [-0.25, -0.2) is 0 Å². The fourth-order valence-corrected chi connectivity index (χ4v) is 2.36. The normalized spacial score (nSPS) is 10.3. The maximum absolute atomic E-state index is 10.8. The average Bonchev–Trinajstić information content (AvgIpc) is 2.67. The number of nitro groups is 1. The van der Waals surface area contributed by atoms with E-state index in [-0.39, 0.29) is 5.69 Å². The molecule has 3 aromatic rings. The highest BCUT2D eigenvalue weighted by molar-refractivity contribution is 5.82. The Bertz CT molecular complexity index is 1010. The number of aliphatic imine (C=N–C) groups is 1.